The molecular formula is C14H7Cl3F3N3O4. The van der Waals surface area contributed by atoms with Gasteiger partial charge in [-0.15, -0.1) is 0 Å². The Morgan fingerprint density at radius 2 is 1.56 bits per heavy atom. The third-order valence-electron chi connectivity index (χ3n) is 3.47. The van der Waals surface area contributed by atoms with Crippen LogP contribution in [0.4, 0.5) is 35.9 Å². The van der Waals surface area contributed by atoms with Gasteiger partial charge in [0.05, 0.1) is 42.2 Å². The minimum atomic E-state index is -5.13. The maximum Gasteiger partial charge on any atom is 0.418 e. The van der Waals surface area contributed by atoms with E-state index in [1.165, 1.54) is 6.92 Å². The summed E-state index contributed by atoms with van der Waals surface area (Å²) in [7, 11) is 0. The largest absolute Gasteiger partial charge is 0.418 e. The Balaban J connectivity index is 2.82. The highest BCUT2D eigenvalue weighted by molar-refractivity contribution is 6.44. The van der Waals surface area contributed by atoms with E-state index in [-0.39, 0.29) is 32.4 Å². The zero-order valence-corrected chi connectivity index (χ0v) is 15.3. The van der Waals surface area contributed by atoms with Crippen LogP contribution >= 0.6 is 34.8 Å². The highest BCUT2D eigenvalue weighted by atomic mass is 35.5. The molecule has 27 heavy (non-hydrogen) atoms. The standard InChI is InChI=1S/C14H7Cl3F3N3O4/c1-5-11(17)8(15)4-9(16)12(5)21-13-7(14(18,19)20)2-6(22(24)25)3-10(13)23(26)27/h2-4,21H,1H3. The van der Waals surface area contributed by atoms with Crippen LogP contribution < -0.4 is 5.32 Å². The number of hydrogen-bond acceptors (Lipinski definition) is 5. The molecule has 0 atom stereocenters. The molecule has 0 fully saturated rings. The van der Waals surface area contributed by atoms with Crippen LogP contribution in [0.15, 0.2) is 18.2 Å². The van der Waals surface area contributed by atoms with Gasteiger partial charge in [-0.1, -0.05) is 34.8 Å². The summed E-state index contributed by atoms with van der Waals surface area (Å²) >= 11 is 17.7. The molecule has 2 rings (SSSR count). The van der Waals surface area contributed by atoms with Crippen LogP contribution in [0.1, 0.15) is 11.1 Å². The van der Waals surface area contributed by atoms with E-state index in [4.69, 9.17) is 34.8 Å². The van der Waals surface area contributed by atoms with Gasteiger partial charge >= 0.3 is 6.18 Å². The fourth-order valence-corrected chi connectivity index (χ4v) is 2.96. The predicted molar refractivity (Wildman–Crippen MR) is 94.2 cm³/mol. The zero-order valence-electron chi connectivity index (χ0n) is 13.0. The van der Waals surface area contributed by atoms with Crippen LogP contribution in [0.5, 0.6) is 0 Å². The quantitative estimate of drug-likeness (QED) is 0.328. The van der Waals surface area contributed by atoms with E-state index in [0.29, 0.717) is 6.07 Å². The van der Waals surface area contributed by atoms with Gasteiger partial charge in [0.25, 0.3) is 11.4 Å². The molecule has 13 heteroatoms. The maximum absolute atomic E-state index is 13.4. The summed E-state index contributed by atoms with van der Waals surface area (Å²) in [5.41, 5.74) is -4.88. The second kappa shape index (κ2) is 7.37. The lowest BCUT2D eigenvalue weighted by Gasteiger charge is -2.18. The highest BCUT2D eigenvalue weighted by Crippen LogP contribution is 2.46. The Labute approximate surface area is 163 Å². The van der Waals surface area contributed by atoms with Gasteiger partial charge < -0.3 is 5.32 Å². The van der Waals surface area contributed by atoms with E-state index in [1.807, 2.05) is 0 Å². The molecule has 0 unspecified atom stereocenters. The first-order chi connectivity index (χ1) is 12.3. The number of halogens is 6. The van der Waals surface area contributed by atoms with E-state index in [2.05, 4.69) is 5.32 Å². The number of benzene rings is 2. The number of nitrogens with one attached hydrogen (secondary N) is 1. The first-order valence-corrected chi connectivity index (χ1v) is 7.93. The van der Waals surface area contributed by atoms with Crippen LogP contribution in [0.3, 0.4) is 0 Å². The number of nitro groups is 2. The summed E-state index contributed by atoms with van der Waals surface area (Å²) in [6, 6.07) is 1.75. The van der Waals surface area contributed by atoms with Gasteiger partial charge in [-0.25, -0.2) is 0 Å². The van der Waals surface area contributed by atoms with E-state index >= 15 is 0 Å². The summed E-state index contributed by atoms with van der Waals surface area (Å²) < 4.78 is 40.3. The average Bonchev–Trinajstić information content (AvgIpc) is 2.55. The minimum absolute atomic E-state index is 0.0262. The van der Waals surface area contributed by atoms with Crippen molar-refractivity contribution >= 4 is 57.6 Å². The van der Waals surface area contributed by atoms with Crippen LogP contribution in [-0.2, 0) is 6.18 Å². The fourth-order valence-electron chi connectivity index (χ4n) is 2.21. The van der Waals surface area contributed by atoms with Crippen LogP contribution in [0.2, 0.25) is 15.1 Å². The van der Waals surface area contributed by atoms with E-state index < -0.39 is 38.6 Å². The SMILES string of the molecule is Cc1c(Cl)c(Cl)cc(Cl)c1Nc1c([N+](=O)[O-])cc([N+](=O)[O-])cc1C(F)(F)F. The van der Waals surface area contributed by atoms with Crippen molar-refractivity contribution in [2.24, 2.45) is 0 Å². The molecule has 0 bridgehead atoms. The second-order valence-corrected chi connectivity index (χ2v) is 6.37. The second-order valence-electron chi connectivity index (χ2n) is 5.18. The van der Waals surface area contributed by atoms with E-state index in [9.17, 15) is 33.4 Å². The fraction of sp³-hybridized carbons (Fsp3) is 0.143. The van der Waals surface area contributed by atoms with Crippen molar-refractivity contribution in [2.45, 2.75) is 13.1 Å². The lowest BCUT2D eigenvalue weighted by molar-refractivity contribution is -0.394. The molecule has 2 aromatic carbocycles. The molecule has 0 aliphatic carbocycles. The lowest BCUT2D eigenvalue weighted by Crippen LogP contribution is -2.12. The smallest absolute Gasteiger partial charge is 0.348 e. The summed E-state index contributed by atoms with van der Waals surface area (Å²) in [5, 5.41) is 24.2. The molecule has 0 amide bonds. The third-order valence-corrected chi connectivity index (χ3v) is 4.65. The van der Waals surface area contributed by atoms with Gasteiger partial charge in [0.2, 0.25) is 0 Å². The predicted octanol–water partition coefficient (Wildman–Crippen LogP) is 6.53. The van der Waals surface area contributed by atoms with Crippen LogP contribution in [0, 0.1) is 27.2 Å². The van der Waals surface area contributed by atoms with Gasteiger partial charge in [0.15, 0.2) is 0 Å². The molecule has 1 N–H and O–H groups in total. The lowest BCUT2D eigenvalue weighted by atomic mass is 10.1. The van der Waals surface area contributed by atoms with E-state index in [1.54, 1.807) is 0 Å². The Morgan fingerprint density at radius 3 is 2.04 bits per heavy atom. The number of nitro benzene ring substituents is 2. The molecule has 0 radical (unpaired) electrons. The Kier molecular flexibility index (Phi) is 5.74. The molecule has 0 aliphatic rings. The zero-order chi connectivity index (χ0) is 20.7. The van der Waals surface area contributed by atoms with Crippen molar-refractivity contribution in [1.82, 2.24) is 0 Å². The monoisotopic (exact) mass is 443 g/mol. The Morgan fingerprint density at radius 1 is 0.963 bits per heavy atom. The number of rotatable bonds is 4. The minimum Gasteiger partial charge on any atom is -0.348 e. The van der Waals surface area contributed by atoms with Crippen molar-refractivity contribution in [3.63, 3.8) is 0 Å². The molecular weight excluding hydrogens is 438 g/mol. The molecule has 0 saturated carbocycles. The topological polar surface area (TPSA) is 98.3 Å². The molecule has 0 heterocycles. The number of hydrogen-bond donors (Lipinski definition) is 1. The van der Waals surface area contributed by atoms with Crippen molar-refractivity contribution in [3.05, 3.63) is 64.6 Å². The molecule has 0 spiro atoms. The number of anilines is 2. The summed E-state index contributed by atoms with van der Waals surface area (Å²) in [6.45, 7) is 1.38. The molecule has 7 nitrogen and oxygen atoms in total. The highest BCUT2D eigenvalue weighted by Gasteiger charge is 2.40. The third kappa shape index (κ3) is 4.18. The van der Waals surface area contributed by atoms with Gasteiger partial charge in [-0.3, -0.25) is 20.2 Å². The van der Waals surface area contributed by atoms with Crippen LogP contribution in [-0.4, -0.2) is 9.85 Å². The van der Waals surface area contributed by atoms with Gasteiger partial charge in [0, 0.05) is 6.07 Å². The molecule has 0 saturated heterocycles. The van der Waals surface area contributed by atoms with Gasteiger partial charge in [0.1, 0.15) is 5.69 Å². The Bertz CT molecular complexity index is 967. The number of nitrogens with zero attached hydrogens (tertiary/aromatic N) is 2. The number of non-ortho nitro benzene ring substituents is 1. The summed E-state index contributed by atoms with van der Waals surface area (Å²) in [5.74, 6) is 0. The Hall–Kier alpha value is -2.30. The molecule has 0 aliphatic heterocycles. The van der Waals surface area contributed by atoms with E-state index in [0.717, 1.165) is 6.07 Å². The first-order valence-electron chi connectivity index (χ1n) is 6.79. The maximum atomic E-state index is 13.4. The first kappa shape index (κ1) is 21.0. The van der Waals surface area contributed by atoms with Crippen molar-refractivity contribution < 1.29 is 23.0 Å². The number of alkyl halides is 3. The van der Waals surface area contributed by atoms with Crippen molar-refractivity contribution in [1.29, 1.82) is 0 Å². The van der Waals surface area contributed by atoms with Crippen LogP contribution in [0.25, 0.3) is 0 Å². The molecule has 144 valence electrons. The van der Waals surface area contributed by atoms with Crippen molar-refractivity contribution in [2.75, 3.05) is 5.32 Å². The molecule has 0 aromatic heterocycles. The van der Waals surface area contributed by atoms with Crippen molar-refractivity contribution in [3.8, 4) is 0 Å². The van der Waals surface area contributed by atoms with Gasteiger partial charge in [-0.2, -0.15) is 13.2 Å². The molecule has 2 aromatic rings. The summed E-state index contributed by atoms with van der Waals surface area (Å²) in [6.07, 6.45) is -5.13. The normalized spacial score (nSPS) is 11.4. The van der Waals surface area contributed by atoms with Gasteiger partial charge in [-0.05, 0) is 18.6 Å². The average molecular weight is 445 g/mol. The summed E-state index contributed by atoms with van der Waals surface area (Å²) in [4.78, 5) is 19.8.